The van der Waals surface area contributed by atoms with Gasteiger partial charge in [-0.15, -0.1) is 11.3 Å². The van der Waals surface area contributed by atoms with Crippen molar-refractivity contribution in [1.29, 1.82) is 0 Å². The number of likely N-dealkylation sites (tertiary alicyclic amines) is 1. The van der Waals surface area contributed by atoms with Gasteiger partial charge in [-0.1, -0.05) is 18.2 Å². The highest BCUT2D eigenvalue weighted by Gasteiger charge is 2.29. The molecule has 0 spiro atoms. The van der Waals surface area contributed by atoms with Crippen LogP contribution in [0.15, 0.2) is 24.3 Å². The number of thiophene rings is 1. The second kappa shape index (κ2) is 5.64. The molecule has 3 rings (SSSR count). The molecule has 1 saturated heterocycles. The van der Waals surface area contributed by atoms with Gasteiger partial charge in [0.15, 0.2) is 9.84 Å². The molecule has 1 aromatic heterocycles. The molecule has 0 aliphatic carbocycles. The maximum atomic E-state index is 12.8. The van der Waals surface area contributed by atoms with Crippen molar-refractivity contribution in [2.45, 2.75) is 18.2 Å². The molecule has 1 fully saturated rings. The Bertz CT molecular complexity index is 826. The van der Waals surface area contributed by atoms with Gasteiger partial charge in [0, 0.05) is 30.1 Å². The van der Waals surface area contributed by atoms with Crippen molar-refractivity contribution < 1.29 is 13.2 Å². The summed E-state index contributed by atoms with van der Waals surface area (Å²) in [6.07, 6.45) is 1.98. The quantitative estimate of drug-likeness (QED) is 0.922. The molecule has 1 atom stereocenters. The first-order valence-electron chi connectivity index (χ1n) is 7.08. The summed E-state index contributed by atoms with van der Waals surface area (Å²) in [5, 5.41) is 0.852. The molecule has 5 nitrogen and oxygen atoms in total. The summed E-state index contributed by atoms with van der Waals surface area (Å²) >= 11 is 1.36. The molecule has 7 heteroatoms. The number of amides is 1. The first-order valence-corrected chi connectivity index (χ1v) is 9.96. The van der Waals surface area contributed by atoms with Gasteiger partial charge in [-0.2, -0.15) is 0 Å². The molecular formula is C15H18N2O3S2. The van der Waals surface area contributed by atoms with Crippen molar-refractivity contribution in [3.63, 3.8) is 0 Å². The van der Waals surface area contributed by atoms with Gasteiger partial charge in [0.1, 0.15) is 0 Å². The van der Waals surface area contributed by atoms with Gasteiger partial charge in [0.25, 0.3) is 5.91 Å². The van der Waals surface area contributed by atoms with Crippen molar-refractivity contribution in [3.8, 4) is 0 Å². The van der Waals surface area contributed by atoms with E-state index in [0.717, 1.165) is 16.5 Å². The molecule has 0 saturated carbocycles. The third-order valence-corrected chi connectivity index (χ3v) is 5.83. The normalized spacial score (nSPS) is 19.0. The minimum Gasteiger partial charge on any atom is -0.336 e. The number of nitrogens with zero attached hydrogens (tertiary/aromatic N) is 1. The molecule has 0 radical (unpaired) electrons. The van der Waals surface area contributed by atoms with Crippen LogP contribution in [-0.4, -0.2) is 44.6 Å². The van der Waals surface area contributed by atoms with E-state index in [9.17, 15) is 13.2 Å². The van der Waals surface area contributed by atoms with E-state index < -0.39 is 9.84 Å². The third-order valence-electron chi connectivity index (χ3n) is 3.81. The lowest BCUT2D eigenvalue weighted by Crippen LogP contribution is -2.32. The van der Waals surface area contributed by atoms with Crippen LogP contribution in [0.4, 0.5) is 0 Å². The summed E-state index contributed by atoms with van der Waals surface area (Å²) in [4.78, 5) is 15.0. The van der Waals surface area contributed by atoms with Gasteiger partial charge in [-0.05, 0) is 23.4 Å². The van der Waals surface area contributed by atoms with E-state index in [1.54, 1.807) is 4.90 Å². The Kier molecular flexibility index (Phi) is 3.96. The Morgan fingerprint density at radius 2 is 2.14 bits per heavy atom. The average Bonchev–Trinajstić information content (AvgIpc) is 3.01. The van der Waals surface area contributed by atoms with Crippen LogP contribution in [0.3, 0.4) is 0 Å². The molecule has 0 bridgehead atoms. The Morgan fingerprint density at radius 3 is 2.77 bits per heavy atom. The number of benzene rings is 1. The Balaban J connectivity index is 2.08. The summed E-state index contributed by atoms with van der Waals surface area (Å²) in [5.74, 6) is -0.217. The largest absolute Gasteiger partial charge is 0.336 e. The molecule has 1 aromatic carbocycles. The molecule has 2 heterocycles. The fourth-order valence-corrected chi connectivity index (χ4v) is 4.90. The van der Waals surface area contributed by atoms with Crippen LogP contribution in [0, 0.1) is 0 Å². The zero-order chi connectivity index (χ0) is 15.9. The van der Waals surface area contributed by atoms with Gasteiger partial charge >= 0.3 is 0 Å². The van der Waals surface area contributed by atoms with E-state index in [4.69, 9.17) is 5.73 Å². The van der Waals surface area contributed by atoms with E-state index in [1.807, 2.05) is 24.3 Å². The van der Waals surface area contributed by atoms with E-state index in [1.165, 1.54) is 17.6 Å². The van der Waals surface area contributed by atoms with Crippen LogP contribution in [0.25, 0.3) is 10.1 Å². The lowest BCUT2D eigenvalue weighted by atomic mass is 10.1. The SMILES string of the molecule is CS(=O)(=O)Cc1c(C(=O)N2CC[C@H](N)C2)sc2ccccc12. The van der Waals surface area contributed by atoms with E-state index >= 15 is 0 Å². The number of hydrogen-bond acceptors (Lipinski definition) is 5. The van der Waals surface area contributed by atoms with E-state index in [2.05, 4.69) is 0 Å². The van der Waals surface area contributed by atoms with Gasteiger partial charge in [-0.25, -0.2) is 8.42 Å². The van der Waals surface area contributed by atoms with Gasteiger partial charge < -0.3 is 10.6 Å². The van der Waals surface area contributed by atoms with Crippen molar-refractivity contribution in [2.24, 2.45) is 5.73 Å². The molecule has 22 heavy (non-hydrogen) atoms. The minimum atomic E-state index is -3.22. The topological polar surface area (TPSA) is 80.5 Å². The Hall–Kier alpha value is -1.44. The van der Waals surface area contributed by atoms with E-state index in [0.29, 0.717) is 23.5 Å². The molecule has 1 amide bonds. The third kappa shape index (κ3) is 3.02. The smallest absolute Gasteiger partial charge is 0.264 e. The summed E-state index contributed by atoms with van der Waals surface area (Å²) in [5.41, 5.74) is 6.49. The van der Waals surface area contributed by atoms with Gasteiger partial charge in [-0.3, -0.25) is 4.79 Å². The van der Waals surface area contributed by atoms with Crippen molar-refractivity contribution in [1.82, 2.24) is 4.90 Å². The summed E-state index contributed by atoms with van der Waals surface area (Å²) < 4.78 is 24.4. The molecular weight excluding hydrogens is 320 g/mol. The number of hydrogen-bond donors (Lipinski definition) is 1. The van der Waals surface area contributed by atoms with Crippen LogP contribution < -0.4 is 5.73 Å². The highest BCUT2D eigenvalue weighted by atomic mass is 32.2. The van der Waals surface area contributed by atoms with Crippen LogP contribution in [0.2, 0.25) is 0 Å². The number of nitrogens with two attached hydrogens (primary N) is 1. The first-order chi connectivity index (χ1) is 10.3. The van der Waals surface area contributed by atoms with Gasteiger partial charge in [0.05, 0.1) is 10.6 Å². The standard InChI is InChI=1S/C15H18N2O3S2/c1-22(19,20)9-12-11-4-2-3-5-13(11)21-14(12)15(18)17-7-6-10(16)8-17/h2-5,10H,6-9,16H2,1H3/t10-/m0/s1. The summed E-state index contributed by atoms with van der Waals surface area (Å²) in [7, 11) is -3.22. The highest BCUT2D eigenvalue weighted by Crippen LogP contribution is 2.34. The molecule has 2 aromatic rings. The second-order valence-corrected chi connectivity index (χ2v) is 8.97. The zero-order valence-corrected chi connectivity index (χ0v) is 13.9. The molecule has 1 aliphatic rings. The zero-order valence-electron chi connectivity index (χ0n) is 12.3. The predicted molar refractivity (Wildman–Crippen MR) is 88.9 cm³/mol. The molecule has 1 aliphatic heterocycles. The fraction of sp³-hybridized carbons (Fsp3) is 0.400. The highest BCUT2D eigenvalue weighted by molar-refractivity contribution is 7.89. The predicted octanol–water partition coefficient (Wildman–Crippen LogP) is 1.62. The minimum absolute atomic E-state index is 0.0108. The lowest BCUT2D eigenvalue weighted by molar-refractivity contribution is 0.0795. The maximum Gasteiger partial charge on any atom is 0.264 e. The Morgan fingerprint density at radius 1 is 1.41 bits per heavy atom. The number of carbonyl (C=O) groups excluding carboxylic acids is 1. The van der Waals surface area contributed by atoms with Gasteiger partial charge in [0.2, 0.25) is 0 Å². The number of sulfone groups is 1. The van der Waals surface area contributed by atoms with Crippen LogP contribution >= 0.6 is 11.3 Å². The van der Waals surface area contributed by atoms with Crippen molar-refractivity contribution >= 4 is 37.2 Å². The summed E-state index contributed by atoms with van der Waals surface area (Å²) in [6, 6.07) is 7.55. The van der Waals surface area contributed by atoms with Crippen LogP contribution in [0.5, 0.6) is 0 Å². The molecule has 0 unspecified atom stereocenters. The lowest BCUT2D eigenvalue weighted by Gasteiger charge is -2.15. The molecule has 118 valence electrons. The molecule has 2 N–H and O–H groups in total. The first kappa shape index (κ1) is 15.5. The van der Waals surface area contributed by atoms with Crippen LogP contribution in [0.1, 0.15) is 21.7 Å². The van der Waals surface area contributed by atoms with Crippen LogP contribution in [-0.2, 0) is 15.6 Å². The monoisotopic (exact) mass is 338 g/mol. The number of fused-ring (bicyclic) bond motifs is 1. The van der Waals surface area contributed by atoms with E-state index in [-0.39, 0.29) is 17.7 Å². The second-order valence-electron chi connectivity index (χ2n) is 5.78. The average molecular weight is 338 g/mol. The number of carbonyl (C=O) groups is 1. The fourth-order valence-electron chi connectivity index (χ4n) is 2.79. The number of rotatable bonds is 3. The summed E-state index contributed by atoms with van der Waals surface area (Å²) in [6.45, 7) is 1.16. The maximum absolute atomic E-state index is 12.8. The van der Waals surface area contributed by atoms with Crippen molar-refractivity contribution in [2.75, 3.05) is 19.3 Å². The van der Waals surface area contributed by atoms with Crippen molar-refractivity contribution in [3.05, 3.63) is 34.7 Å². The Labute approximate surface area is 133 Å².